The van der Waals surface area contributed by atoms with E-state index in [0.29, 0.717) is 25.2 Å². The number of hydrogen-bond acceptors (Lipinski definition) is 3. The maximum absolute atomic E-state index is 13.2. The van der Waals surface area contributed by atoms with E-state index in [1.54, 1.807) is 11.8 Å². The summed E-state index contributed by atoms with van der Waals surface area (Å²) in [4.78, 5) is 16.4. The lowest BCUT2D eigenvalue weighted by Gasteiger charge is -2.40. The van der Waals surface area contributed by atoms with E-state index in [0.717, 1.165) is 6.54 Å². The van der Waals surface area contributed by atoms with Gasteiger partial charge in [0.25, 0.3) is 5.91 Å². The summed E-state index contributed by atoms with van der Waals surface area (Å²) in [6.07, 6.45) is -0.379. The summed E-state index contributed by atoms with van der Waals surface area (Å²) in [5, 5.41) is 9.39. The number of nitrogens with zero attached hydrogens (tertiary/aromatic N) is 2. The Balaban J connectivity index is 2.05. The SMILES string of the molecule is C[C@@H]1CN(C[C@@H](C)O)CCN1C(=O)c1ccc(F)c(Cl)c1. The Kier molecular flexibility index (Phi) is 5.19. The summed E-state index contributed by atoms with van der Waals surface area (Å²) in [7, 11) is 0. The molecule has 21 heavy (non-hydrogen) atoms. The minimum atomic E-state index is -0.525. The molecule has 1 heterocycles. The highest BCUT2D eigenvalue weighted by molar-refractivity contribution is 6.31. The Labute approximate surface area is 129 Å². The number of piperazine rings is 1. The fourth-order valence-corrected chi connectivity index (χ4v) is 2.85. The molecule has 0 aromatic heterocycles. The van der Waals surface area contributed by atoms with Crippen LogP contribution in [0.3, 0.4) is 0 Å². The van der Waals surface area contributed by atoms with Crippen molar-refractivity contribution < 1.29 is 14.3 Å². The first-order valence-corrected chi connectivity index (χ1v) is 7.42. The predicted molar refractivity (Wildman–Crippen MR) is 80.0 cm³/mol. The molecule has 1 amide bonds. The second-order valence-corrected chi connectivity index (χ2v) is 5.99. The van der Waals surface area contributed by atoms with Gasteiger partial charge in [-0.2, -0.15) is 0 Å². The Morgan fingerprint density at radius 3 is 2.81 bits per heavy atom. The second-order valence-electron chi connectivity index (χ2n) is 5.59. The van der Waals surface area contributed by atoms with Crippen molar-refractivity contribution in [3.8, 4) is 0 Å². The summed E-state index contributed by atoms with van der Waals surface area (Å²) in [5.41, 5.74) is 0.400. The molecule has 2 rings (SSSR count). The van der Waals surface area contributed by atoms with Gasteiger partial charge in [0.1, 0.15) is 5.82 Å². The minimum absolute atomic E-state index is 0.0360. The van der Waals surface area contributed by atoms with Crippen LogP contribution in [0.5, 0.6) is 0 Å². The average Bonchev–Trinajstić information content (AvgIpc) is 2.40. The van der Waals surface area contributed by atoms with Gasteiger partial charge in [0, 0.05) is 37.8 Å². The predicted octanol–water partition coefficient (Wildman–Crippen LogP) is 2.01. The first-order valence-electron chi connectivity index (χ1n) is 7.05. The molecule has 4 nitrogen and oxygen atoms in total. The van der Waals surface area contributed by atoms with Crippen molar-refractivity contribution in [1.82, 2.24) is 9.80 Å². The van der Waals surface area contributed by atoms with Gasteiger partial charge in [-0.3, -0.25) is 9.69 Å². The van der Waals surface area contributed by atoms with E-state index in [9.17, 15) is 14.3 Å². The fourth-order valence-electron chi connectivity index (χ4n) is 2.67. The number of rotatable bonds is 3. The third-order valence-corrected chi connectivity index (χ3v) is 3.95. The van der Waals surface area contributed by atoms with Crippen LogP contribution in [0, 0.1) is 5.82 Å². The van der Waals surface area contributed by atoms with Crippen molar-refractivity contribution in [1.29, 1.82) is 0 Å². The monoisotopic (exact) mass is 314 g/mol. The minimum Gasteiger partial charge on any atom is -0.392 e. The molecule has 1 aliphatic rings. The summed E-state index contributed by atoms with van der Waals surface area (Å²) < 4.78 is 13.2. The van der Waals surface area contributed by atoms with Gasteiger partial charge in [0.2, 0.25) is 0 Å². The van der Waals surface area contributed by atoms with E-state index < -0.39 is 5.82 Å². The van der Waals surface area contributed by atoms with Gasteiger partial charge in [-0.15, -0.1) is 0 Å². The number of benzene rings is 1. The van der Waals surface area contributed by atoms with Crippen LogP contribution in [-0.4, -0.2) is 59.1 Å². The molecule has 1 aliphatic heterocycles. The molecule has 1 aromatic rings. The number of halogens is 2. The van der Waals surface area contributed by atoms with Gasteiger partial charge >= 0.3 is 0 Å². The molecular weight excluding hydrogens is 295 g/mol. The average molecular weight is 315 g/mol. The van der Waals surface area contributed by atoms with E-state index in [1.165, 1.54) is 18.2 Å². The second kappa shape index (κ2) is 6.73. The largest absolute Gasteiger partial charge is 0.392 e. The van der Waals surface area contributed by atoms with Crippen LogP contribution in [0.25, 0.3) is 0 Å². The lowest BCUT2D eigenvalue weighted by molar-refractivity contribution is 0.0383. The van der Waals surface area contributed by atoms with Crippen LogP contribution in [0.4, 0.5) is 4.39 Å². The van der Waals surface area contributed by atoms with Crippen LogP contribution >= 0.6 is 11.6 Å². The van der Waals surface area contributed by atoms with Gasteiger partial charge in [-0.1, -0.05) is 11.6 Å². The van der Waals surface area contributed by atoms with Crippen molar-refractivity contribution in [2.24, 2.45) is 0 Å². The van der Waals surface area contributed by atoms with E-state index in [1.807, 2.05) is 6.92 Å². The molecule has 0 spiro atoms. The van der Waals surface area contributed by atoms with Gasteiger partial charge in [0.05, 0.1) is 11.1 Å². The maximum Gasteiger partial charge on any atom is 0.254 e. The number of carbonyl (C=O) groups excluding carboxylic acids is 1. The van der Waals surface area contributed by atoms with Gasteiger partial charge in [-0.25, -0.2) is 4.39 Å². The van der Waals surface area contributed by atoms with Crippen molar-refractivity contribution in [3.05, 3.63) is 34.6 Å². The summed E-state index contributed by atoms with van der Waals surface area (Å²) >= 11 is 5.73. The van der Waals surface area contributed by atoms with Crippen LogP contribution < -0.4 is 0 Å². The number of aliphatic hydroxyl groups is 1. The zero-order valence-corrected chi connectivity index (χ0v) is 13.0. The van der Waals surface area contributed by atoms with Gasteiger partial charge in [0.15, 0.2) is 0 Å². The topological polar surface area (TPSA) is 43.8 Å². The molecule has 1 aromatic carbocycles. The molecule has 0 bridgehead atoms. The molecule has 6 heteroatoms. The smallest absolute Gasteiger partial charge is 0.254 e. The van der Waals surface area contributed by atoms with Crippen LogP contribution in [0.1, 0.15) is 24.2 Å². The third-order valence-electron chi connectivity index (χ3n) is 3.66. The molecule has 0 aliphatic carbocycles. The zero-order chi connectivity index (χ0) is 15.6. The quantitative estimate of drug-likeness (QED) is 0.928. The molecule has 0 radical (unpaired) electrons. The highest BCUT2D eigenvalue weighted by atomic mass is 35.5. The maximum atomic E-state index is 13.2. The Hall–Kier alpha value is -1.17. The molecular formula is C15H20ClFN2O2. The molecule has 116 valence electrons. The van der Waals surface area contributed by atoms with E-state index in [2.05, 4.69) is 4.90 Å². The van der Waals surface area contributed by atoms with E-state index in [-0.39, 0.29) is 23.1 Å². The number of carbonyl (C=O) groups is 1. The van der Waals surface area contributed by atoms with Gasteiger partial charge in [-0.05, 0) is 32.0 Å². The standard InChI is InChI=1S/C15H20ClFN2O2/c1-10-8-18(9-11(2)20)5-6-19(10)15(21)12-3-4-14(17)13(16)7-12/h3-4,7,10-11,20H,5-6,8-9H2,1-2H3/t10-,11-/m1/s1. The summed E-state index contributed by atoms with van der Waals surface area (Å²) in [5.74, 6) is -0.663. The Morgan fingerprint density at radius 2 is 2.24 bits per heavy atom. The number of amides is 1. The lowest BCUT2D eigenvalue weighted by Crippen LogP contribution is -2.55. The highest BCUT2D eigenvalue weighted by Gasteiger charge is 2.28. The lowest BCUT2D eigenvalue weighted by atomic mass is 10.1. The van der Waals surface area contributed by atoms with Crippen molar-refractivity contribution in [3.63, 3.8) is 0 Å². The highest BCUT2D eigenvalue weighted by Crippen LogP contribution is 2.19. The van der Waals surface area contributed by atoms with E-state index in [4.69, 9.17) is 11.6 Å². The van der Waals surface area contributed by atoms with Crippen LogP contribution in [-0.2, 0) is 0 Å². The van der Waals surface area contributed by atoms with Crippen molar-refractivity contribution in [2.45, 2.75) is 26.0 Å². The molecule has 1 fully saturated rings. The Bertz CT molecular complexity index is 524. The normalized spacial score (nSPS) is 21.4. The van der Waals surface area contributed by atoms with Crippen LogP contribution in [0.2, 0.25) is 5.02 Å². The number of β-amino-alcohol motifs (C(OH)–C–C–N with tert-alkyl or cyclic N) is 1. The van der Waals surface area contributed by atoms with Gasteiger partial charge < -0.3 is 10.0 Å². The number of hydrogen-bond donors (Lipinski definition) is 1. The molecule has 0 unspecified atom stereocenters. The first kappa shape index (κ1) is 16.2. The molecule has 0 saturated carbocycles. The van der Waals surface area contributed by atoms with Crippen LogP contribution in [0.15, 0.2) is 18.2 Å². The van der Waals surface area contributed by atoms with E-state index >= 15 is 0 Å². The van der Waals surface area contributed by atoms with Crippen molar-refractivity contribution in [2.75, 3.05) is 26.2 Å². The zero-order valence-electron chi connectivity index (χ0n) is 12.2. The summed E-state index contributed by atoms with van der Waals surface area (Å²) in [6.45, 7) is 6.35. The van der Waals surface area contributed by atoms with Crippen molar-refractivity contribution >= 4 is 17.5 Å². The number of aliphatic hydroxyl groups excluding tert-OH is 1. The fraction of sp³-hybridized carbons (Fsp3) is 0.533. The molecule has 1 N–H and O–H groups in total. The third kappa shape index (κ3) is 3.93. The molecule has 1 saturated heterocycles. The first-order chi connectivity index (χ1) is 9.88. The Morgan fingerprint density at radius 1 is 1.52 bits per heavy atom. The summed E-state index contributed by atoms with van der Waals surface area (Å²) in [6, 6.07) is 4.07. The molecule has 2 atom stereocenters.